The molecule has 1 amide bonds. The van der Waals surface area contributed by atoms with E-state index in [1.165, 1.54) is 11.3 Å². The SMILES string of the molecule is CCN1CCN(c2ccc(NC(=O)CN3CCCC3c3cccc(OC)c3)cc2)CC1. The Morgan fingerprint density at radius 3 is 2.55 bits per heavy atom. The van der Waals surface area contributed by atoms with Crippen LogP contribution in [0.2, 0.25) is 0 Å². The molecule has 166 valence electrons. The minimum atomic E-state index is 0.0408. The second kappa shape index (κ2) is 10.2. The van der Waals surface area contributed by atoms with Crippen molar-refractivity contribution in [2.75, 3.05) is 63.1 Å². The molecule has 2 aromatic rings. The molecule has 0 spiro atoms. The van der Waals surface area contributed by atoms with Gasteiger partial charge in [0.05, 0.1) is 13.7 Å². The van der Waals surface area contributed by atoms with Crippen LogP contribution in [0.25, 0.3) is 0 Å². The largest absolute Gasteiger partial charge is 0.497 e. The zero-order valence-corrected chi connectivity index (χ0v) is 18.7. The van der Waals surface area contributed by atoms with E-state index in [-0.39, 0.29) is 11.9 Å². The Kier molecular flexibility index (Phi) is 7.10. The predicted octanol–water partition coefficient (Wildman–Crippen LogP) is 3.61. The van der Waals surface area contributed by atoms with Crippen molar-refractivity contribution in [1.82, 2.24) is 9.80 Å². The first-order chi connectivity index (χ1) is 15.2. The fraction of sp³-hybridized carbons (Fsp3) is 0.480. The van der Waals surface area contributed by atoms with Crippen LogP contribution in [0.15, 0.2) is 48.5 Å². The van der Waals surface area contributed by atoms with Crippen LogP contribution in [0.1, 0.15) is 31.4 Å². The minimum absolute atomic E-state index is 0.0408. The molecule has 31 heavy (non-hydrogen) atoms. The molecule has 1 N–H and O–H groups in total. The average molecular weight is 423 g/mol. The van der Waals surface area contributed by atoms with Gasteiger partial charge in [0.25, 0.3) is 0 Å². The Labute approximate surface area is 185 Å². The Hall–Kier alpha value is -2.57. The summed E-state index contributed by atoms with van der Waals surface area (Å²) < 4.78 is 5.37. The van der Waals surface area contributed by atoms with Crippen LogP contribution < -0.4 is 15.0 Å². The summed E-state index contributed by atoms with van der Waals surface area (Å²) in [5.74, 6) is 0.907. The molecular formula is C25H34N4O2. The Morgan fingerprint density at radius 2 is 1.84 bits per heavy atom. The molecule has 2 aromatic carbocycles. The molecule has 2 heterocycles. The molecule has 0 aliphatic carbocycles. The lowest BCUT2D eigenvalue weighted by atomic mass is 10.0. The summed E-state index contributed by atoms with van der Waals surface area (Å²) in [7, 11) is 1.69. The summed E-state index contributed by atoms with van der Waals surface area (Å²) in [4.78, 5) is 19.9. The third-order valence-corrected chi connectivity index (χ3v) is 6.52. The van der Waals surface area contributed by atoms with Gasteiger partial charge in [-0.05, 0) is 67.9 Å². The quantitative estimate of drug-likeness (QED) is 0.739. The number of hydrogen-bond acceptors (Lipinski definition) is 5. The van der Waals surface area contributed by atoms with Crippen molar-refractivity contribution < 1.29 is 9.53 Å². The van der Waals surface area contributed by atoms with Crippen molar-refractivity contribution in [3.63, 3.8) is 0 Å². The maximum atomic E-state index is 12.7. The number of likely N-dealkylation sites (N-methyl/N-ethyl adjacent to an activating group) is 1. The van der Waals surface area contributed by atoms with Crippen molar-refractivity contribution in [3.05, 3.63) is 54.1 Å². The smallest absolute Gasteiger partial charge is 0.238 e. The molecule has 2 fully saturated rings. The maximum Gasteiger partial charge on any atom is 0.238 e. The molecule has 1 unspecified atom stereocenters. The normalized spacial score (nSPS) is 20.1. The van der Waals surface area contributed by atoms with Gasteiger partial charge in [0, 0.05) is 43.6 Å². The van der Waals surface area contributed by atoms with E-state index in [9.17, 15) is 4.79 Å². The molecule has 6 nitrogen and oxygen atoms in total. The third-order valence-electron chi connectivity index (χ3n) is 6.52. The van der Waals surface area contributed by atoms with Crippen LogP contribution in [0.4, 0.5) is 11.4 Å². The number of benzene rings is 2. The lowest BCUT2D eigenvalue weighted by molar-refractivity contribution is -0.117. The van der Waals surface area contributed by atoms with Crippen molar-refractivity contribution >= 4 is 17.3 Å². The van der Waals surface area contributed by atoms with Gasteiger partial charge in [-0.15, -0.1) is 0 Å². The number of hydrogen-bond donors (Lipinski definition) is 1. The predicted molar refractivity (Wildman–Crippen MR) is 126 cm³/mol. The summed E-state index contributed by atoms with van der Waals surface area (Å²) >= 11 is 0. The highest BCUT2D eigenvalue weighted by Crippen LogP contribution is 2.33. The topological polar surface area (TPSA) is 48.0 Å². The van der Waals surface area contributed by atoms with Gasteiger partial charge in [-0.25, -0.2) is 0 Å². The fourth-order valence-electron chi connectivity index (χ4n) is 4.70. The summed E-state index contributed by atoms with van der Waals surface area (Å²) in [6.07, 6.45) is 2.18. The number of carbonyl (C=O) groups excluding carboxylic acids is 1. The van der Waals surface area contributed by atoms with Crippen molar-refractivity contribution in [3.8, 4) is 5.75 Å². The second-order valence-corrected chi connectivity index (χ2v) is 8.42. The molecule has 2 aliphatic heterocycles. The summed E-state index contributed by atoms with van der Waals surface area (Å²) in [6.45, 7) is 9.02. The molecule has 0 radical (unpaired) electrons. The van der Waals surface area contributed by atoms with E-state index in [1.54, 1.807) is 7.11 Å². The van der Waals surface area contributed by atoms with Crippen molar-refractivity contribution in [2.24, 2.45) is 0 Å². The summed E-state index contributed by atoms with van der Waals surface area (Å²) in [5, 5.41) is 3.08. The number of nitrogens with zero attached hydrogens (tertiary/aromatic N) is 3. The molecule has 0 aromatic heterocycles. The zero-order chi connectivity index (χ0) is 21.6. The fourth-order valence-corrected chi connectivity index (χ4v) is 4.70. The summed E-state index contributed by atoms with van der Waals surface area (Å²) in [5.41, 5.74) is 3.31. The molecular weight excluding hydrogens is 388 g/mol. The number of rotatable bonds is 7. The Balaban J connectivity index is 1.32. The van der Waals surface area contributed by atoms with Gasteiger partial charge < -0.3 is 19.9 Å². The van der Waals surface area contributed by atoms with Gasteiger partial charge in [-0.2, -0.15) is 0 Å². The molecule has 1 atom stereocenters. The summed E-state index contributed by atoms with van der Waals surface area (Å²) in [6, 6.07) is 16.7. The van der Waals surface area contributed by atoms with E-state index in [4.69, 9.17) is 4.74 Å². The van der Waals surface area contributed by atoms with Gasteiger partial charge in [-0.3, -0.25) is 9.69 Å². The maximum absolute atomic E-state index is 12.7. The van der Waals surface area contributed by atoms with E-state index in [0.29, 0.717) is 6.54 Å². The van der Waals surface area contributed by atoms with Gasteiger partial charge in [0.2, 0.25) is 5.91 Å². The Bertz CT molecular complexity index is 862. The van der Waals surface area contributed by atoms with E-state index < -0.39 is 0 Å². The van der Waals surface area contributed by atoms with Crippen LogP contribution in [-0.4, -0.2) is 68.6 Å². The zero-order valence-electron chi connectivity index (χ0n) is 18.7. The molecule has 2 saturated heterocycles. The molecule has 6 heteroatoms. The first kappa shape index (κ1) is 21.7. The van der Waals surface area contributed by atoms with E-state index in [0.717, 1.165) is 63.5 Å². The van der Waals surface area contributed by atoms with Gasteiger partial charge in [0.15, 0.2) is 0 Å². The van der Waals surface area contributed by atoms with Gasteiger partial charge >= 0.3 is 0 Å². The van der Waals surface area contributed by atoms with Crippen LogP contribution in [-0.2, 0) is 4.79 Å². The number of anilines is 2. The van der Waals surface area contributed by atoms with Crippen LogP contribution in [0.5, 0.6) is 5.75 Å². The number of methoxy groups -OCH3 is 1. The van der Waals surface area contributed by atoms with Crippen LogP contribution >= 0.6 is 0 Å². The van der Waals surface area contributed by atoms with Crippen molar-refractivity contribution in [2.45, 2.75) is 25.8 Å². The minimum Gasteiger partial charge on any atom is -0.497 e. The highest BCUT2D eigenvalue weighted by Gasteiger charge is 2.27. The first-order valence-electron chi connectivity index (χ1n) is 11.4. The lowest BCUT2D eigenvalue weighted by Gasteiger charge is -2.35. The van der Waals surface area contributed by atoms with E-state index in [1.807, 2.05) is 24.3 Å². The van der Waals surface area contributed by atoms with Gasteiger partial charge in [-0.1, -0.05) is 19.1 Å². The average Bonchev–Trinajstić information content (AvgIpc) is 3.27. The van der Waals surface area contributed by atoms with E-state index >= 15 is 0 Å². The van der Waals surface area contributed by atoms with Crippen LogP contribution in [0, 0.1) is 0 Å². The second-order valence-electron chi connectivity index (χ2n) is 8.42. The Morgan fingerprint density at radius 1 is 1.06 bits per heavy atom. The number of amides is 1. The monoisotopic (exact) mass is 422 g/mol. The number of carbonyl (C=O) groups is 1. The van der Waals surface area contributed by atoms with Crippen molar-refractivity contribution in [1.29, 1.82) is 0 Å². The number of likely N-dealkylation sites (tertiary alicyclic amines) is 1. The molecule has 0 bridgehead atoms. The van der Waals surface area contributed by atoms with E-state index in [2.05, 4.69) is 51.2 Å². The van der Waals surface area contributed by atoms with Gasteiger partial charge in [0.1, 0.15) is 5.75 Å². The third kappa shape index (κ3) is 5.38. The highest BCUT2D eigenvalue weighted by molar-refractivity contribution is 5.92. The lowest BCUT2D eigenvalue weighted by Crippen LogP contribution is -2.46. The number of piperazine rings is 1. The van der Waals surface area contributed by atoms with Crippen LogP contribution in [0.3, 0.4) is 0 Å². The molecule has 4 rings (SSSR count). The number of ether oxygens (including phenoxy) is 1. The molecule has 0 saturated carbocycles. The first-order valence-corrected chi connectivity index (χ1v) is 11.4. The molecule has 2 aliphatic rings. The highest BCUT2D eigenvalue weighted by atomic mass is 16.5. The standard InChI is InChI=1S/C25H34N4O2/c1-3-27-14-16-28(17-15-27)22-11-9-21(10-12-22)26-25(30)19-29-13-5-8-24(29)20-6-4-7-23(18-20)31-2/h4,6-7,9-12,18,24H,3,5,8,13-17,19H2,1-2H3,(H,26,30). The number of nitrogens with one attached hydrogen (secondary N) is 1.